The molecule has 1 aliphatic rings. The molecule has 4 rings (SSSR count). The summed E-state index contributed by atoms with van der Waals surface area (Å²) in [7, 11) is 0. The number of benzene rings is 3. The molecule has 3 aromatic carbocycles. The normalized spacial score (nSPS) is 16.1. The van der Waals surface area contributed by atoms with E-state index in [0.717, 1.165) is 16.7 Å². The smallest absolute Gasteiger partial charge is 0.229 e. The van der Waals surface area contributed by atoms with Gasteiger partial charge in [-0.1, -0.05) is 54.6 Å². The number of hydrogen-bond acceptors (Lipinski definition) is 2. The Balaban J connectivity index is 1.53. The lowest BCUT2D eigenvalue weighted by Gasteiger charge is -2.18. The van der Waals surface area contributed by atoms with Gasteiger partial charge in [-0.2, -0.15) is 0 Å². The molecule has 1 unspecified atom stereocenters. The molecule has 0 aromatic heterocycles. The topological polar surface area (TPSA) is 49.4 Å². The van der Waals surface area contributed by atoms with Gasteiger partial charge in [-0.3, -0.25) is 9.59 Å². The van der Waals surface area contributed by atoms with Crippen LogP contribution in [0.25, 0.3) is 11.1 Å². The zero-order chi connectivity index (χ0) is 20.4. The number of hydrogen-bond donors (Lipinski definition) is 1. The molecular formula is C24H21FN2O2. The van der Waals surface area contributed by atoms with Crippen molar-refractivity contribution in [1.29, 1.82) is 0 Å². The molecule has 2 amide bonds. The number of nitrogens with one attached hydrogen (secondary N) is 1. The van der Waals surface area contributed by atoms with Gasteiger partial charge in [0, 0.05) is 24.2 Å². The van der Waals surface area contributed by atoms with Crippen molar-refractivity contribution in [2.24, 2.45) is 5.92 Å². The Morgan fingerprint density at radius 3 is 2.52 bits per heavy atom. The summed E-state index contributed by atoms with van der Waals surface area (Å²) in [5, 5.41) is 2.96. The third kappa shape index (κ3) is 3.90. The second-order valence-corrected chi connectivity index (χ2v) is 7.26. The number of anilines is 2. The van der Waals surface area contributed by atoms with Crippen LogP contribution in [0.3, 0.4) is 0 Å². The molecule has 5 heteroatoms. The fraction of sp³-hybridized carbons (Fsp3) is 0.167. The van der Waals surface area contributed by atoms with Crippen molar-refractivity contribution in [3.8, 4) is 11.1 Å². The Labute approximate surface area is 169 Å². The number of halogens is 1. The summed E-state index contributed by atoms with van der Waals surface area (Å²) in [4.78, 5) is 26.7. The first-order valence-corrected chi connectivity index (χ1v) is 9.55. The number of aryl methyl sites for hydroxylation is 1. The molecule has 0 saturated carbocycles. The lowest BCUT2D eigenvalue weighted by atomic mass is 10.0. The van der Waals surface area contributed by atoms with Crippen LogP contribution in [-0.2, 0) is 9.59 Å². The second kappa shape index (κ2) is 7.87. The Morgan fingerprint density at radius 1 is 1.03 bits per heavy atom. The van der Waals surface area contributed by atoms with E-state index in [1.54, 1.807) is 19.1 Å². The number of nitrogens with zero attached hydrogens (tertiary/aromatic N) is 1. The molecule has 1 N–H and O–H groups in total. The molecule has 4 nitrogen and oxygen atoms in total. The highest BCUT2D eigenvalue weighted by Crippen LogP contribution is 2.31. The molecule has 1 aliphatic heterocycles. The molecule has 0 bridgehead atoms. The minimum Gasteiger partial charge on any atom is -0.325 e. The summed E-state index contributed by atoms with van der Waals surface area (Å²) in [5.41, 5.74) is 3.60. The van der Waals surface area contributed by atoms with E-state index >= 15 is 0 Å². The third-order valence-corrected chi connectivity index (χ3v) is 5.16. The maximum Gasteiger partial charge on any atom is 0.229 e. The first-order chi connectivity index (χ1) is 14.0. The van der Waals surface area contributed by atoms with Gasteiger partial charge in [-0.15, -0.1) is 0 Å². The van der Waals surface area contributed by atoms with Crippen molar-refractivity contribution >= 4 is 23.2 Å². The summed E-state index contributed by atoms with van der Waals surface area (Å²) >= 11 is 0. The van der Waals surface area contributed by atoms with Gasteiger partial charge in [0.1, 0.15) is 5.82 Å². The predicted molar refractivity (Wildman–Crippen MR) is 112 cm³/mol. The van der Waals surface area contributed by atoms with Crippen LogP contribution in [0.2, 0.25) is 0 Å². The Kier molecular flexibility index (Phi) is 5.12. The predicted octanol–water partition coefficient (Wildman–Crippen LogP) is 4.79. The number of amides is 2. The standard InChI is InChI=1S/C24H21FN2O2/c1-16-11-12-22(20(25)13-16)27-15-18(14-23(27)28)24(29)26-21-10-6-5-9-19(21)17-7-3-2-4-8-17/h2-13,18H,14-15H2,1H3,(H,26,29). The van der Waals surface area contributed by atoms with Gasteiger partial charge >= 0.3 is 0 Å². The van der Waals surface area contributed by atoms with Crippen LogP contribution in [0.1, 0.15) is 12.0 Å². The molecule has 3 aromatic rings. The summed E-state index contributed by atoms with van der Waals surface area (Å²) in [5.74, 6) is -1.47. The summed E-state index contributed by atoms with van der Waals surface area (Å²) in [6.07, 6.45) is 0.0622. The van der Waals surface area contributed by atoms with Crippen LogP contribution in [0.5, 0.6) is 0 Å². The summed E-state index contributed by atoms with van der Waals surface area (Å²) < 4.78 is 14.3. The summed E-state index contributed by atoms with van der Waals surface area (Å²) in [6.45, 7) is 1.96. The maximum atomic E-state index is 14.3. The number of para-hydroxylation sites is 1. The van der Waals surface area contributed by atoms with Crippen LogP contribution in [0.15, 0.2) is 72.8 Å². The third-order valence-electron chi connectivity index (χ3n) is 5.16. The first-order valence-electron chi connectivity index (χ1n) is 9.55. The van der Waals surface area contributed by atoms with Crippen LogP contribution in [0, 0.1) is 18.7 Å². The quantitative estimate of drug-likeness (QED) is 0.698. The van der Waals surface area contributed by atoms with E-state index in [-0.39, 0.29) is 30.5 Å². The minimum absolute atomic E-state index is 0.0622. The highest BCUT2D eigenvalue weighted by atomic mass is 19.1. The van der Waals surface area contributed by atoms with E-state index in [4.69, 9.17) is 0 Å². The van der Waals surface area contributed by atoms with Gasteiger partial charge < -0.3 is 10.2 Å². The highest BCUT2D eigenvalue weighted by molar-refractivity contribution is 6.04. The second-order valence-electron chi connectivity index (χ2n) is 7.26. The lowest BCUT2D eigenvalue weighted by molar-refractivity contribution is -0.122. The average molecular weight is 388 g/mol. The molecule has 1 atom stereocenters. The minimum atomic E-state index is -0.535. The number of carbonyl (C=O) groups is 2. The zero-order valence-electron chi connectivity index (χ0n) is 16.1. The van der Waals surface area contributed by atoms with Crippen molar-refractivity contribution in [2.75, 3.05) is 16.8 Å². The Morgan fingerprint density at radius 2 is 1.76 bits per heavy atom. The van der Waals surface area contributed by atoms with Crippen molar-refractivity contribution < 1.29 is 14.0 Å². The Bertz CT molecular complexity index is 1070. The fourth-order valence-corrected chi connectivity index (χ4v) is 3.64. The van der Waals surface area contributed by atoms with E-state index < -0.39 is 11.7 Å². The fourth-order valence-electron chi connectivity index (χ4n) is 3.64. The molecule has 0 spiro atoms. The van der Waals surface area contributed by atoms with Gasteiger partial charge in [-0.05, 0) is 36.2 Å². The van der Waals surface area contributed by atoms with E-state index in [1.165, 1.54) is 11.0 Å². The maximum absolute atomic E-state index is 14.3. The SMILES string of the molecule is Cc1ccc(N2CC(C(=O)Nc3ccccc3-c3ccccc3)CC2=O)c(F)c1. The molecule has 29 heavy (non-hydrogen) atoms. The van der Waals surface area contributed by atoms with Crippen LogP contribution in [0.4, 0.5) is 15.8 Å². The van der Waals surface area contributed by atoms with Gasteiger partial charge in [0.05, 0.1) is 11.6 Å². The largest absolute Gasteiger partial charge is 0.325 e. The molecule has 1 fully saturated rings. The van der Waals surface area contributed by atoms with E-state index in [2.05, 4.69) is 5.32 Å². The van der Waals surface area contributed by atoms with Crippen LogP contribution in [-0.4, -0.2) is 18.4 Å². The van der Waals surface area contributed by atoms with E-state index in [1.807, 2.05) is 54.6 Å². The van der Waals surface area contributed by atoms with Gasteiger partial charge in [0.2, 0.25) is 11.8 Å². The zero-order valence-corrected chi connectivity index (χ0v) is 16.1. The van der Waals surface area contributed by atoms with Gasteiger partial charge in [0.15, 0.2) is 0 Å². The van der Waals surface area contributed by atoms with Crippen molar-refractivity contribution in [1.82, 2.24) is 0 Å². The highest BCUT2D eigenvalue weighted by Gasteiger charge is 2.36. The molecule has 146 valence electrons. The van der Waals surface area contributed by atoms with Crippen LogP contribution < -0.4 is 10.2 Å². The van der Waals surface area contributed by atoms with Gasteiger partial charge in [-0.25, -0.2) is 4.39 Å². The molecule has 1 heterocycles. The average Bonchev–Trinajstić information content (AvgIpc) is 3.11. The summed E-state index contributed by atoms with van der Waals surface area (Å²) in [6, 6.07) is 22.1. The monoisotopic (exact) mass is 388 g/mol. The first kappa shape index (κ1) is 18.9. The van der Waals surface area contributed by atoms with Gasteiger partial charge in [0.25, 0.3) is 0 Å². The van der Waals surface area contributed by atoms with E-state index in [0.29, 0.717) is 5.69 Å². The molecule has 1 saturated heterocycles. The molecule has 0 radical (unpaired) electrons. The van der Waals surface area contributed by atoms with Crippen molar-refractivity contribution in [2.45, 2.75) is 13.3 Å². The molecular weight excluding hydrogens is 367 g/mol. The van der Waals surface area contributed by atoms with Crippen molar-refractivity contribution in [3.05, 3.63) is 84.2 Å². The number of rotatable bonds is 4. The Hall–Kier alpha value is -3.47. The van der Waals surface area contributed by atoms with Crippen LogP contribution >= 0.6 is 0 Å². The number of carbonyl (C=O) groups excluding carboxylic acids is 2. The van der Waals surface area contributed by atoms with Crippen molar-refractivity contribution in [3.63, 3.8) is 0 Å². The lowest BCUT2D eigenvalue weighted by Crippen LogP contribution is -2.28. The molecule has 0 aliphatic carbocycles. The van der Waals surface area contributed by atoms with E-state index in [9.17, 15) is 14.0 Å².